The Bertz CT molecular complexity index is 614. The van der Waals surface area contributed by atoms with E-state index in [0.29, 0.717) is 0 Å². The molecule has 0 amide bonds. The number of hydrogen-bond donors (Lipinski definition) is 0. The van der Waals surface area contributed by atoms with Gasteiger partial charge < -0.3 is 4.90 Å². The smallest absolute Gasteiger partial charge is 0.227 e. The Morgan fingerprint density at radius 2 is 1.90 bits per heavy atom. The first-order valence-electron chi connectivity index (χ1n) is 7.53. The molecule has 0 unspecified atom stereocenters. The van der Waals surface area contributed by atoms with E-state index in [0.717, 1.165) is 47.9 Å². The van der Waals surface area contributed by atoms with Gasteiger partial charge >= 0.3 is 0 Å². The summed E-state index contributed by atoms with van der Waals surface area (Å²) in [6.07, 6.45) is 2.44. The number of halogens is 1. The molecular weight excluding hydrogens is 284 g/mol. The Morgan fingerprint density at radius 3 is 2.62 bits per heavy atom. The lowest BCUT2D eigenvalue weighted by Gasteiger charge is -2.31. The lowest BCUT2D eigenvalue weighted by atomic mass is 10.00. The monoisotopic (exact) mass is 304 g/mol. The lowest BCUT2D eigenvalue weighted by Crippen LogP contribution is -2.35. The van der Waals surface area contributed by atoms with Crippen LogP contribution >= 0.6 is 11.6 Å². The number of piperidine rings is 1. The molecule has 112 valence electrons. The van der Waals surface area contributed by atoms with Gasteiger partial charge in [0.2, 0.25) is 5.95 Å². The maximum atomic E-state index is 6.28. The van der Waals surface area contributed by atoms with Gasteiger partial charge in [0.25, 0.3) is 0 Å². The van der Waals surface area contributed by atoms with Gasteiger partial charge in [0.1, 0.15) is 5.82 Å². The zero-order valence-electron chi connectivity index (χ0n) is 12.6. The zero-order valence-corrected chi connectivity index (χ0v) is 13.3. The van der Waals surface area contributed by atoms with Gasteiger partial charge in [-0.05, 0) is 37.3 Å². The van der Waals surface area contributed by atoms with Gasteiger partial charge in [-0.25, -0.2) is 0 Å². The van der Waals surface area contributed by atoms with E-state index >= 15 is 0 Å². The number of aryl methyl sites for hydroxylation is 1. The second-order valence-electron chi connectivity index (χ2n) is 5.89. The van der Waals surface area contributed by atoms with E-state index in [2.05, 4.69) is 32.7 Å². The number of hydrogen-bond acceptors (Lipinski definition) is 3. The fraction of sp³-hybridized carbons (Fsp3) is 0.500. The van der Waals surface area contributed by atoms with Crippen molar-refractivity contribution in [3.05, 3.63) is 40.7 Å². The second kappa shape index (κ2) is 6.06. The highest BCUT2D eigenvalue weighted by atomic mass is 35.5. The molecule has 0 bridgehead atoms. The summed E-state index contributed by atoms with van der Waals surface area (Å²) >= 11 is 6.28. The lowest BCUT2D eigenvalue weighted by molar-refractivity contribution is 0.431. The third-order valence-corrected chi connectivity index (χ3v) is 4.64. The third-order valence-electron chi connectivity index (χ3n) is 4.27. The van der Waals surface area contributed by atoms with Crippen molar-refractivity contribution >= 4 is 17.5 Å². The number of nitrogens with zero attached hydrogens (tertiary/aromatic N) is 4. The molecule has 4 nitrogen and oxygen atoms in total. The van der Waals surface area contributed by atoms with Crippen LogP contribution in [-0.4, -0.2) is 27.9 Å². The molecule has 0 spiro atoms. The van der Waals surface area contributed by atoms with Gasteiger partial charge in [-0.2, -0.15) is 0 Å². The van der Waals surface area contributed by atoms with Crippen molar-refractivity contribution in [2.45, 2.75) is 33.2 Å². The highest BCUT2D eigenvalue weighted by molar-refractivity contribution is 6.31. The Morgan fingerprint density at radius 1 is 1.19 bits per heavy atom. The topological polar surface area (TPSA) is 34.0 Å². The molecule has 0 saturated carbocycles. The summed E-state index contributed by atoms with van der Waals surface area (Å²) < 4.78 is 2.16. The molecule has 1 aliphatic rings. The molecule has 1 saturated heterocycles. The molecular formula is C16H21ClN4. The van der Waals surface area contributed by atoms with Gasteiger partial charge in [-0.1, -0.05) is 36.7 Å². The van der Waals surface area contributed by atoms with E-state index in [9.17, 15) is 0 Å². The molecule has 1 aliphatic heterocycles. The molecule has 0 atom stereocenters. The van der Waals surface area contributed by atoms with E-state index in [1.54, 1.807) is 0 Å². The van der Waals surface area contributed by atoms with Gasteiger partial charge in [-0.3, -0.25) is 4.57 Å². The largest absolute Gasteiger partial charge is 0.341 e. The van der Waals surface area contributed by atoms with Crippen LogP contribution in [0.25, 0.3) is 0 Å². The maximum Gasteiger partial charge on any atom is 0.227 e. The maximum absolute atomic E-state index is 6.28. The normalized spacial score (nSPS) is 16.4. The van der Waals surface area contributed by atoms with Gasteiger partial charge in [-0.15, -0.1) is 10.2 Å². The highest BCUT2D eigenvalue weighted by Gasteiger charge is 2.21. The van der Waals surface area contributed by atoms with E-state index in [4.69, 9.17) is 11.6 Å². The summed E-state index contributed by atoms with van der Waals surface area (Å²) in [5, 5.41) is 9.45. The molecule has 1 fully saturated rings. The van der Waals surface area contributed by atoms with Crippen molar-refractivity contribution in [3.63, 3.8) is 0 Å². The van der Waals surface area contributed by atoms with Crippen LogP contribution in [0.5, 0.6) is 0 Å². The van der Waals surface area contributed by atoms with E-state index in [1.807, 2.05) is 25.1 Å². The van der Waals surface area contributed by atoms with Crippen LogP contribution in [0, 0.1) is 12.8 Å². The number of benzene rings is 1. The van der Waals surface area contributed by atoms with E-state index < -0.39 is 0 Å². The molecule has 1 aromatic heterocycles. The minimum atomic E-state index is 0.722. The minimum absolute atomic E-state index is 0.722. The van der Waals surface area contributed by atoms with Crippen molar-refractivity contribution in [1.82, 2.24) is 14.8 Å². The first kappa shape index (κ1) is 14.4. The van der Waals surface area contributed by atoms with Crippen molar-refractivity contribution in [2.24, 2.45) is 5.92 Å². The van der Waals surface area contributed by atoms with E-state index in [1.165, 1.54) is 12.8 Å². The third kappa shape index (κ3) is 3.05. The fourth-order valence-corrected chi connectivity index (χ4v) is 2.99. The molecule has 1 aromatic carbocycles. The molecule has 5 heteroatoms. The quantitative estimate of drug-likeness (QED) is 0.870. The van der Waals surface area contributed by atoms with Crippen molar-refractivity contribution in [1.29, 1.82) is 0 Å². The summed E-state index contributed by atoms with van der Waals surface area (Å²) in [6, 6.07) is 7.96. The van der Waals surface area contributed by atoms with Gasteiger partial charge in [0, 0.05) is 18.1 Å². The number of anilines is 1. The molecule has 0 radical (unpaired) electrons. The van der Waals surface area contributed by atoms with Crippen molar-refractivity contribution in [3.8, 4) is 0 Å². The molecule has 2 aromatic rings. The second-order valence-corrected chi connectivity index (χ2v) is 6.30. The highest BCUT2D eigenvalue weighted by Crippen LogP contribution is 2.24. The predicted octanol–water partition coefficient (Wildman–Crippen LogP) is 3.52. The Kier molecular flexibility index (Phi) is 4.15. The summed E-state index contributed by atoms with van der Waals surface area (Å²) in [4.78, 5) is 2.34. The van der Waals surface area contributed by atoms with Crippen LogP contribution in [0.3, 0.4) is 0 Å². The Labute approximate surface area is 130 Å². The van der Waals surface area contributed by atoms with Gasteiger partial charge in [0.15, 0.2) is 0 Å². The molecule has 2 heterocycles. The van der Waals surface area contributed by atoms with Crippen molar-refractivity contribution < 1.29 is 0 Å². The standard InChI is InChI=1S/C16H21ClN4/c1-12-7-9-20(10-8-12)16-19-18-13(2)21(16)11-14-5-3-4-6-15(14)17/h3-6,12H,7-11H2,1-2H3. The molecule has 0 aliphatic carbocycles. The van der Waals surface area contributed by atoms with Crippen LogP contribution in [0.1, 0.15) is 31.2 Å². The van der Waals surface area contributed by atoms with Crippen molar-refractivity contribution in [2.75, 3.05) is 18.0 Å². The number of rotatable bonds is 3. The predicted molar refractivity (Wildman–Crippen MR) is 85.9 cm³/mol. The van der Waals surface area contributed by atoms with Crippen LogP contribution in [0.2, 0.25) is 5.02 Å². The summed E-state index contributed by atoms with van der Waals surface area (Å²) in [6.45, 7) is 7.15. The average Bonchev–Trinajstić information content (AvgIpc) is 2.84. The van der Waals surface area contributed by atoms with Crippen LogP contribution in [0.15, 0.2) is 24.3 Å². The summed E-state index contributed by atoms with van der Waals surface area (Å²) in [7, 11) is 0. The van der Waals surface area contributed by atoms with Crippen LogP contribution in [0.4, 0.5) is 5.95 Å². The fourth-order valence-electron chi connectivity index (χ4n) is 2.79. The molecule has 0 N–H and O–H groups in total. The van der Waals surface area contributed by atoms with Crippen LogP contribution in [-0.2, 0) is 6.54 Å². The number of aromatic nitrogens is 3. The first-order valence-corrected chi connectivity index (χ1v) is 7.91. The first-order chi connectivity index (χ1) is 10.1. The average molecular weight is 305 g/mol. The van der Waals surface area contributed by atoms with Gasteiger partial charge in [0.05, 0.1) is 6.54 Å². The van der Waals surface area contributed by atoms with E-state index in [-0.39, 0.29) is 0 Å². The Balaban J connectivity index is 1.86. The summed E-state index contributed by atoms with van der Waals surface area (Å²) in [5.41, 5.74) is 1.11. The van der Waals surface area contributed by atoms with Crippen LogP contribution < -0.4 is 4.90 Å². The SMILES string of the molecule is Cc1nnc(N2CCC(C)CC2)n1Cc1ccccc1Cl. The molecule has 3 rings (SSSR count). The minimum Gasteiger partial charge on any atom is -0.341 e. The Hall–Kier alpha value is -1.55. The molecule has 21 heavy (non-hydrogen) atoms. The summed E-state index contributed by atoms with van der Waals surface area (Å²) in [5.74, 6) is 2.71. The zero-order chi connectivity index (χ0) is 14.8.